The maximum Gasteiger partial charge on any atom is 0.230 e. The number of amides is 2. The molecule has 2 heterocycles. The molecule has 8 heteroatoms. The minimum atomic E-state index is -0.0654. The zero-order chi connectivity index (χ0) is 21.0. The van der Waals surface area contributed by atoms with Crippen LogP contribution >= 0.6 is 23.1 Å². The lowest BCUT2D eigenvalue weighted by Crippen LogP contribution is -2.24. The predicted molar refractivity (Wildman–Crippen MR) is 119 cm³/mol. The van der Waals surface area contributed by atoms with Crippen LogP contribution in [0, 0.1) is 19.8 Å². The predicted octanol–water partition coefficient (Wildman–Crippen LogP) is 4.31. The molecule has 29 heavy (non-hydrogen) atoms. The van der Waals surface area contributed by atoms with Crippen LogP contribution in [0.15, 0.2) is 35.6 Å². The lowest BCUT2D eigenvalue weighted by Gasteiger charge is -2.09. The monoisotopic (exact) mass is 428 g/mol. The lowest BCUT2D eigenvalue weighted by molar-refractivity contribution is -0.119. The molecule has 0 fully saturated rings. The molecule has 0 saturated carbocycles. The molecule has 3 rings (SSSR count). The van der Waals surface area contributed by atoms with Crippen LogP contribution in [0.25, 0.3) is 10.2 Å². The molecule has 0 spiro atoms. The van der Waals surface area contributed by atoms with E-state index in [0.29, 0.717) is 12.3 Å². The minimum absolute atomic E-state index is 0.0158. The number of benzene rings is 1. The van der Waals surface area contributed by atoms with Crippen molar-refractivity contribution in [1.29, 1.82) is 0 Å². The summed E-state index contributed by atoms with van der Waals surface area (Å²) in [7, 11) is 0. The Morgan fingerprint density at radius 3 is 2.55 bits per heavy atom. The third kappa shape index (κ3) is 5.33. The van der Waals surface area contributed by atoms with E-state index >= 15 is 0 Å². The molecule has 0 aliphatic rings. The Morgan fingerprint density at radius 1 is 1.14 bits per heavy atom. The second kappa shape index (κ2) is 9.37. The molecular formula is C21H24N4O2S2. The third-order valence-corrected chi connectivity index (χ3v) is 6.61. The Hall–Kier alpha value is -2.45. The van der Waals surface area contributed by atoms with E-state index in [1.807, 2.05) is 38.1 Å². The van der Waals surface area contributed by atoms with Gasteiger partial charge in [-0.05, 0) is 37.1 Å². The van der Waals surface area contributed by atoms with Crippen molar-refractivity contribution in [1.82, 2.24) is 15.3 Å². The number of carbonyl (C=O) groups excluding carboxylic acids is 2. The smallest absolute Gasteiger partial charge is 0.230 e. The van der Waals surface area contributed by atoms with E-state index in [2.05, 4.69) is 34.4 Å². The summed E-state index contributed by atoms with van der Waals surface area (Å²) >= 11 is 3.08. The van der Waals surface area contributed by atoms with Crippen molar-refractivity contribution in [3.63, 3.8) is 0 Å². The molecule has 152 valence electrons. The highest BCUT2D eigenvalue weighted by molar-refractivity contribution is 8.00. The minimum Gasteiger partial charge on any atom is -0.351 e. The van der Waals surface area contributed by atoms with Crippen LogP contribution in [-0.2, 0) is 16.1 Å². The molecule has 0 aliphatic carbocycles. The van der Waals surface area contributed by atoms with Gasteiger partial charge in [-0.3, -0.25) is 9.59 Å². The lowest BCUT2D eigenvalue weighted by atomic mass is 10.1. The standard InChI is InChI=1S/C21H24N4O2S2/c1-12(2)19(27)25-16-7-5-15(6-8-16)9-22-17(26)10-28-20-18-13(3)14(4)29-21(18)24-11-23-20/h5-8,11-12H,9-10H2,1-4H3,(H,22,26)(H,25,27). The van der Waals surface area contributed by atoms with Gasteiger partial charge >= 0.3 is 0 Å². The molecule has 2 aromatic heterocycles. The third-order valence-electron chi connectivity index (χ3n) is 4.51. The van der Waals surface area contributed by atoms with Gasteiger partial charge in [0.1, 0.15) is 16.2 Å². The first-order chi connectivity index (χ1) is 13.8. The average Bonchev–Trinajstić information content (AvgIpc) is 3.00. The van der Waals surface area contributed by atoms with Gasteiger partial charge in [0.25, 0.3) is 0 Å². The molecule has 2 amide bonds. The van der Waals surface area contributed by atoms with Crippen molar-refractivity contribution in [3.8, 4) is 0 Å². The van der Waals surface area contributed by atoms with Crippen LogP contribution in [0.3, 0.4) is 0 Å². The van der Waals surface area contributed by atoms with E-state index in [0.717, 1.165) is 26.5 Å². The van der Waals surface area contributed by atoms with Gasteiger partial charge in [0, 0.05) is 28.4 Å². The first-order valence-electron chi connectivity index (χ1n) is 9.35. The summed E-state index contributed by atoms with van der Waals surface area (Å²) in [5, 5.41) is 7.67. The van der Waals surface area contributed by atoms with Crippen LogP contribution in [0.2, 0.25) is 0 Å². The molecule has 0 radical (unpaired) electrons. The Bertz CT molecular complexity index is 1030. The highest BCUT2D eigenvalue weighted by Gasteiger charge is 2.13. The first kappa shape index (κ1) is 21.3. The van der Waals surface area contributed by atoms with Crippen molar-refractivity contribution in [3.05, 3.63) is 46.6 Å². The van der Waals surface area contributed by atoms with Gasteiger partial charge < -0.3 is 10.6 Å². The zero-order valence-electron chi connectivity index (χ0n) is 16.9. The van der Waals surface area contributed by atoms with Crippen molar-refractivity contribution in [2.75, 3.05) is 11.1 Å². The molecule has 1 aromatic carbocycles. The maximum atomic E-state index is 12.3. The van der Waals surface area contributed by atoms with Gasteiger partial charge in [0.15, 0.2) is 0 Å². The largest absolute Gasteiger partial charge is 0.351 e. The van der Waals surface area contributed by atoms with E-state index in [1.165, 1.54) is 22.2 Å². The molecule has 0 atom stereocenters. The normalized spacial score (nSPS) is 11.1. The number of thiophene rings is 1. The second-order valence-electron chi connectivity index (χ2n) is 7.05. The number of hydrogen-bond donors (Lipinski definition) is 2. The van der Waals surface area contributed by atoms with Gasteiger partial charge in [-0.1, -0.05) is 37.7 Å². The number of rotatable bonds is 7. The number of fused-ring (bicyclic) bond motifs is 1. The van der Waals surface area contributed by atoms with Gasteiger partial charge in [-0.15, -0.1) is 11.3 Å². The van der Waals surface area contributed by atoms with Crippen LogP contribution in [0.1, 0.15) is 29.9 Å². The summed E-state index contributed by atoms with van der Waals surface area (Å²) in [6.45, 7) is 8.28. The van der Waals surface area contributed by atoms with Crippen LogP contribution < -0.4 is 10.6 Å². The fourth-order valence-corrected chi connectivity index (χ4v) is 4.58. The Morgan fingerprint density at radius 2 is 1.86 bits per heavy atom. The number of aryl methyl sites for hydroxylation is 2. The van der Waals surface area contributed by atoms with Gasteiger partial charge in [0.05, 0.1) is 5.75 Å². The van der Waals surface area contributed by atoms with Crippen LogP contribution in [0.5, 0.6) is 0 Å². The highest BCUT2D eigenvalue weighted by Crippen LogP contribution is 2.34. The number of hydrogen-bond acceptors (Lipinski definition) is 6. The summed E-state index contributed by atoms with van der Waals surface area (Å²) in [5.41, 5.74) is 2.90. The second-order valence-corrected chi connectivity index (χ2v) is 9.22. The van der Waals surface area contributed by atoms with Crippen LogP contribution in [0.4, 0.5) is 5.69 Å². The Labute approximate surface area is 178 Å². The molecule has 2 N–H and O–H groups in total. The van der Waals surface area contributed by atoms with E-state index < -0.39 is 0 Å². The average molecular weight is 429 g/mol. The summed E-state index contributed by atoms with van der Waals surface area (Å²) in [6.07, 6.45) is 1.55. The number of nitrogens with zero attached hydrogens (tertiary/aromatic N) is 2. The van der Waals surface area contributed by atoms with Crippen molar-refractivity contribution in [2.45, 2.75) is 39.3 Å². The topological polar surface area (TPSA) is 84.0 Å². The summed E-state index contributed by atoms with van der Waals surface area (Å²) in [6, 6.07) is 7.48. The summed E-state index contributed by atoms with van der Waals surface area (Å²) < 4.78 is 0. The van der Waals surface area contributed by atoms with E-state index in [-0.39, 0.29) is 17.7 Å². The molecule has 0 aliphatic heterocycles. The maximum absolute atomic E-state index is 12.3. The van der Waals surface area contributed by atoms with Crippen molar-refractivity contribution < 1.29 is 9.59 Å². The number of nitrogens with one attached hydrogen (secondary N) is 2. The van der Waals surface area contributed by atoms with E-state index in [4.69, 9.17) is 0 Å². The number of anilines is 1. The van der Waals surface area contributed by atoms with E-state index in [9.17, 15) is 9.59 Å². The van der Waals surface area contributed by atoms with Gasteiger partial charge in [-0.2, -0.15) is 0 Å². The quantitative estimate of drug-likeness (QED) is 0.433. The molecular weight excluding hydrogens is 404 g/mol. The van der Waals surface area contributed by atoms with E-state index in [1.54, 1.807) is 17.7 Å². The first-order valence-corrected chi connectivity index (χ1v) is 11.2. The highest BCUT2D eigenvalue weighted by atomic mass is 32.2. The van der Waals surface area contributed by atoms with Crippen molar-refractivity contribution in [2.24, 2.45) is 5.92 Å². The fraction of sp³-hybridized carbons (Fsp3) is 0.333. The molecule has 0 bridgehead atoms. The summed E-state index contributed by atoms with van der Waals surface area (Å²) in [5.74, 6) is 0.161. The molecule has 0 saturated heterocycles. The molecule has 3 aromatic rings. The zero-order valence-corrected chi connectivity index (χ0v) is 18.5. The van der Waals surface area contributed by atoms with Crippen molar-refractivity contribution >= 4 is 50.8 Å². The fourth-order valence-electron chi connectivity index (χ4n) is 2.64. The Kier molecular flexibility index (Phi) is 6.87. The van der Waals surface area contributed by atoms with Gasteiger partial charge in [0.2, 0.25) is 11.8 Å². The Balaban J connectivity index is 1.52. The number of carbonyl (C=O) groups is 2. The molecule has 6 nitrogen and oxygen atoms in total. The molecule has 0 unspecified atom stereocenters. The number of aromatic nitrogens is 2. The summed E-state index contributed by atoms with van der Waals surface area (Å²) in [4.78, 5) is 34.9. The SMILES string of the molecule is Cc1sc2ncnc(SCC(=O)NCc3ccc(NC(=O)C(C)C)cc3)c2c1C. The van der Waals surface area contributed by atoms with Crippen LogP contribution in [-0.4, -0.2) is 27.5 Å². The van der Waals surface area contributed by atoms with Gasteiger partial charge in [-0.25, -0.2) is 9.97 Å². The number of thioether (sulfide) groups is 1.